The number of hydrogen-bond acceptors (Lipinski definition) is 3. The molecule has 1 heterocycles. The molecule has 0 atom stereocenters. The van der Waals surface area contributed by atoms with Crippen LogP contribution in [0.3, 0.4) is 0 Å². The van der Waals surface area contributed by atoms with Crippen molar-refractivity contribution in [3.05, 3.63) is 18.0 Å². The lowest BCUT2D eigenvalue weighted by Crippen LogP contribution is -2.42. The molecule has 1 aliphatic rings. The Labute approximate surface area is 122 Å². The van der Waals surface area contributed by atoms with Crippen LogP contribution < -0.4 is 0 Å². The van der Waals surface area contributed by atoms with Gasteiger partial charge >= 0.3 is 0 Å². The molecule has 4 nitrogen and oxygen atoms in total. The van der Waals surface area contributed by atoms with Crippen LogP contribution in [0.25, 0.3) is 0 Å². The van der Waals surface area contributed by atoms with Crippen LogP contribution in [0.4, 0.5) is 0 Å². The van der Waals surface area contributed by atoms with Gasteiger partial charge in [-0.3, -0.25) is 9.48 Å². The van der Waals surface area contributed by atoms with Gasteiger partial charge in [0, 0.05) is 24.8 Å². The molecule has 1 aliphatic carbocycles. The third kappa shape index (κ3) is 3.38. The molecule has 0 aliphatic heterocycles. The van der Waals surface area contributed by atoms with Gasteiger partial charge in [0.15, 0.2) is 14.6 Å². The molecule has 5 heteroatoms. The van der Waals surface area contributed by atoms with Gasteiger partial charge in [0.2, 0.25) is 0 Å². The molecule has 0 aromatic carbocycles. The highest BCUT2D eigenvalue weighted by atomic mass is 28.4. The van der Waals surface area contributed by atoms with E-state index >= 15 is 0 Å². The van der Waals surface area contributed by atoms with Gasteiger partial charge in [-0.2, -0.15) is 5.10 Å². The van der Waals surface area contributed by atoms with Gasteiger partial charge in [-0.05, 0) is 37.0 Å². The molecule has 20 heavy (non-hydrogen) atoms. The van der Waals surface area contributed by atoms with Crippen molar-refractivity contribution < 1.29 is 9.22 Å². The van der Waals surface area contributed by atoms with E-state index in [-0.39, 0.29) is 10.5 Å². The minimum absolute atomic E-state index is 0.238. The Morgan fingerprint density at radius 2 is 2.10 bits per heavy atom. The van der Waals surface area contributed by atoms with Gasteiger partial charge in [-0.25, -0.2) is 0 Å². The highest BCUT2D eigenvalue weighted by Crippen LogP contribution is 2.49. The Morgan fingerprint density at radius 1 is 1.45 bits per heavy atom. The maximum Gasteiger partial charge on any atom is 0.192 e. The number of hydrogen-bond donors (Lipinski definition) is 0. The fourth-order valence-electron chi connectivity index (χ4n) is 1.95. The average Bonchev–Trinajstić information content (AvgIpc) is 2.95. The summed E-state index contributed by atoms with van der Waals surface area (Å²) in [6.45, 7) is 13.1. The summed E-state index contributed by atoms with van der Waals surface area (Å²) in [7, 11) is -1.68. The molecule has 0 bridgehead atoms. The van der Waals surface area contributed by atoms with Gasteiger partial charge < -0.3 is 4.43 Å². The summed E-state index contributed by atoms with van der Waals surface area (Å²) in [6.07, 6.45) is 5.06. The first kappa shape index (κ1) is 15.4. The van der Waals surface area contributed by atoms with E-state index in [1.165, 1.54) is 12.8 Å². The SMILES string of the molecule is CC(C)(C)[Si](C)(C)OCC1(Cn2ccc(C=O)n2)CC1. The van der Waals surface area contributed by atoms with Crippen LogP contribution in [0.2, 0.25) is 18.1 Å². The third-order valence-corrected chi connectivity index (χ3v) is 9.26. The van der Waals surface area contributed by atoms with Crippen molar-refractivity contribution in [2.24, 2.45) is 5.41 Å². The van der Waals surface area contributed by atoms with Crippen molar-refractivity contribution in [1.82, 2.24) is 9.78 Å². The second-order valence-electron chi connectivity index (χ2n) is 7.61. The maximum atomic E-state index is 10.7. The molecular formula is C15H26N2O2Si. The third-order valence-electron chi connectivity index (χ3n) is 4.78. The molecule has 1 saturated carbocycles. The topological polar surface area (TPSA) is 44.1 Å². The Hall–Kier alpha value is -0.943. The van der Waals surface area contributed by atoms with Crippen molar-refractivity contribution in [3.8, 4) is 0 Å². The fourth-order valence-corrected chi connectivity index (χ4v) is 3.05. The van der Waals surface area contributed by atoms with Crippen LogP contribution in [-0.2, 0) is 11.0 Å². The zero-order valence-electron chi connectivity index (χ0n) is 13.3. The fraction of sp³-hybridized carbons (Fsp3) is 0.733. The summed E-state index contributed by atoms with van der Waals surface area (Å²) >= 11 is 0. The molecule has 0 amide bonds. The first-order chi connectivity index (χ1) is 9.17. The van der Waals surface area contributed by atoms with Crippen LogP contribution >= 0.6 is 0 Å². The summed E-state index contributed by atoms with van der Waals surface area (Å²) in [4.78, 5) is 10.7. The van der Waals surface area contributed by atoms with Gasteiger partial charge in [-0.15, -0.1) is 0 Å². The van der Waals surface area contributed by atoms with Gasteiger partial charge in [0.05, 0.1) is 0 Å². The normalized spacial score (nSPS) is 18.1. The summed E-state index contributed by atoms with van der Waals surface area (Å²) in [6, 6.07) is 1.76. The van der Waals surface area contributed by atoms with E-state index in [0.717, 1.165) is 19.4 Å². The van der Waals surface area contributed by atoms with E-state index in [4.69, 9.17) is 4.43 Å². The number of aldehydes is 1. The standard InChI is InChI=1S/C15H26N2O2Si/c1-14(2,3)20(4,5)19-12-15(7-8-15)11-17-9-6-13(10-18)16-17/h6,9-10H,7-8,11-12H2,1-5H3. The second kappa shape index (κ2) is 5.11. The van der Waals surface area contributed by atoms with Gasteiger partial charge in [0.25, 0.3) is 0 Å². The zero-order valence-corrected chi connectivity index (χ0v) is 14.3. The number of carbonyl (C=O) groups is 1. The molecule has 0 radical (unpaired) electrons. The van der Waals surface area contributed by atoms with Crippen molar-refractivity contribution in [2.45, 2.75) is 58.3 Å². The predicted molar refractivity (Wildman–Crippen MR) is 82.4 cm³/mol. The Morgan fingerprint density at radius 3 is 2.55 bits per heavy atom. The molecule has 112 valence electrons. The van der Waals surface area contributed by atoms with E-state index < -0.39 is 8.32 Å². The minimum atomic E-state index is -1.68. The number of aromatic nitrogens is 2. The van der Waals surface area contributed by atoms with Crippen LogP contribution in [0.15, 0.2) is 12.3 Å². The quantitative estimate of drug-likeness (QED) is 0.596. The van der Waals surface area contributed by atoms with E-state index in [1.54, 1.807) is 6.07 Å². The van der Waals surface area contributed by atoms with Gasteiger partial charge in [0.1, 0.15) is 5.69 Å². The first-order valence-electron chi connectivity index (χ1n) is 7.30. The van der Waals surface area contributed by atoms with Crippen LogP contribution in [0.5, 0.6) is 0 Å². The lowest BCUT2D eigenvalue weighted by molar-refractivity contribution is 0.111. The molecule has 1 aromatic rings. The Bertz CT molecular complexity index is 484. The summed E-state index contributed by atoms with van der Waals surface area (Å²) in [5.41, 5.74) is 0.743. The number of nitrogens with zero attached hydrogens (tertiary/aromatic N) is 2. The summed E-state index contributed by atoms with van der Waals surface area (Å²) in [5, 5.41) is 4.50. The predicted octanol–water partition coefficient (Wildman–Crippen LogP) is 3.50. The largest absolute Gasteiger partial charge is 0.416 e. The monoisotopic (exact) mass is 294 g/mol. The lowest BCUT2D eigenvalue weighted by Gasteiger charge is -2.37. The number of rotatable bonds is 6. The molecule has 0 saturated heterocycles. The number of carbonyl (C=O) groups excluding carboxylic acids is 1. The van der Waals surface area contributed by atoms with E-state index in [9.17, 15) is 4.79 Å². The smallest absolute Gasteiger partial charge is 0.192 e. The Balaban J connectivity index is 1.94. The molecule has 0 N–H and O–H groups in total. The second-order valence-corrected chi connectivity index (χ2v) is 12.4. The van der Waals surface area contributed by atoms with Gasteiger partial charge in [-0.1, -0.05) is 20.8 Å². The highest BCUT2D eigenvalue weighted by Gasteiger charge is 2.46. The summed E-state index contributed by atoms with van der Waals surface area (Å²) in [5.74, 6) is 0. The first-order valence-corrected chi connectivity index (χ1v) is 10.2. The molecule has 1 fully saturated rings. The van der Waals surface area contributed by atoms with Crippen LogP contribution in [0, 0.1) is 5.41 Å². The van der Waals surface area contributed by atoms with Crippen LogP contribution in [0.1, 0.15) is 44.1 Å². The van der Waals surface area contributed by atoms with E-state index in [2.05, 4.69) is 39.0 Å². The molecular weight excluding hydrogens is 268 g/mol. The lowest BCUT2D eigenvalue weighted by atomic mass is 10.1. The zero-order chi connectivity index (χ0) is 15.0. The highest BCUT2D eigenvalue weighted by molar-refractivity contribution is 6.74. The minimum Gasteiger partial charge on any atom is -0.416 e. The van der Waals surface area contributed by atoms with E-state index in [0.29, 0.717) is 5.69 Å². The van der Waals surface area contributed by atoms with Crippen LogP contribution in [-0.4, -0.2) is 31.0 Å². The van der Waals surface area contributed by atoms with Crippen molar-refractivity contribution >= 4 is 14.6 Å². The van der Waals surface area contributed by atoms with Crippen molar-refractivity contribution in [3.63, 3.8) is 0 Å². The average molecular weight is 294 g/mol. The van der Waals surface area contributed by atoms with E-state index in [1.807, 2.05) is 10.9 Å². The Kier molecular flexibility index (Phi) is 3.95. The van der Waals surface area contributed by atoms with Crippen molar-refractivity contribution in [1.29, 1.82) is 0 Å². The van der Waals surface area contributed by atoms with Crippen molar-refractivity contribution in [2.75, 3.05) is 6.61 Å². The maximum absolute atomic E-state index is 10.7. The molecule has 2 rings (SSSR count). The molecule has 0 unspecified atom stereocenters. The summed E-state index contributed by atoms with van der Waals surface area (Å²) < 4.78 is 8.24. The molecule has 0 spiro atoms. The molecule has 1 aromatic heterocycles.